The van der Waals surface area contributed by atoms with Crippen LogP contribution < -0.4 is 5.32 Å². The van der Waals surface area contributed by atoms with Gasteiger partial charge in [-0.05, 0) is 74.3 Å². The molecular weight excluding hydrogens is 264 g/mol. The quantitative estimate of drug-likeness (QED) is 0.734. The average molecular weight is 298 g/mol. The van der Waals surface area contributed by atoms with Crippen molar-refractivity contribution >= 4 is 5.97 Å². The molecule has 1 fully saturated rings. The summed E-state index contributed by atoms with van der Waals surface area (Å²) in [5.41, 5.74) is -0.394. The number of nitrogens with zero attached hydrogens (tertiary/aromatic N) is 1. The molecule has 4 nitrogen and oxygen atoms in total. The summed E-state index contributed by atoms with van der Waals surface area (Å²) in [7, 11) is 0. The van der Waals surface area contributed by atoms with Crippen molar-refractivity contribution < 1.29 is 9.53 Å². The Kier molecular flexibility index (Phi) is 6.23. The van der Waals surface area contributed by atoms with E-state index in [9.17, 15) is 4.79 Å². The Balaban J connectivity index is 2.83. The highest BCUT2D eigenvalue weighted by Gasteiger charge is 2.41. The Morgan fingerprint density at radius 3 is 2.43 bits per heavy atom. The van der Waals surface area contributed by atoms with Crippen LogP contribution in [-0.2, 0) is 9.53 Å². The van der Waals surface area contributed by atoms with Crippen molar-refractivity contribution in [3.63, 3.8) is 0 Å². The van der Waals surface area contributed by atoms with Gasteiger partial charge in [0.1, 0.15) is 5.54 Å². The number of rotatable bonds is 7. The summed E-state index contributed by atoms with van der Waals surface area (Å²) in [6.07, 6.45) is 3.24. The SMILES string of the molecule is CCOC(=O)C(C)(CC(C)N1CCCC1(C)C)NC(C)C. The van der Waals surface area contributed by atoms with Crippen LogP contribution in [-0.4, -0.2) is 47.2 Å². The molecule has 1 N–H and O–H groups in total. The topological polar surface area (TPSA) is 41.6 Å². The van der Waals surface area contributed by atoms with E-state index in [2.05, 4.69) is 44.8 Å². The average Bonchev–Trinajstić information content (AvgIpc) is 2.68. The Morgan fingerprint density at radius 2 is 2.00 bits per heavy atom. The Morgan fingerprint density at radius 1 is 1.38 bits per heavy atom. The molecule has 0 saturated carbocycles. The molecule has 1 heterocycles. The molecule has 0 radical (unpaired) electrons. The van der Waals surface area contributed by atoms with E-state index in [4.69, 9.17) is 4.74 Å². The molecule has 1 aliphatic rings. The van der Waals surface area contributed by atoms with Crippen molar-refractivity contribution in [2.24, 2.45) is 0 Å². The van der Waals surface area contributed by atoms with Gasteiger partial charge in [0, 0.05) is 17.6 Å². The van der Waals surface area contributed by atoms with Gasteiger partial charge < -0.3 is 4.74 Å². The van der Waals surface area contributed by atoms with Crippen LogP contribution in [0.4, 0.5) is 0 Å². The lowest BCUT2D eigenvalue weighted by Crippen LogP contribution is -2.57. The minimum atomic E-state index is -0.623. The second kappa shape index (κ2) is 7.10. The summed E-state index contributed by atoms with van der Waals surface area (Å²) in [5.74, 6) is -0.137. The molecule has 1 saturated heterocycles. The van der Waals surface area contributed by atoms with Crippen molar-refractivity contribution in [3.05, 3.63) is 0 Å². The number of ether oxygens (including phenoxy) is 1. The fourth-order valence-electron chi connectivity index (χ4n) is 3.77. The molecule has 2 unspecified atom stereocenters. The Labute approximate surface area is 130 Å². The Bertz CT molecular complexity index is 355. The maximum absolute atomic E-state index is 12.4. The van der Waals surface area contributed by atoms with Crippen LogP contribution in [0.5, 0.6) is 0 Å². The van der Waals surface area contributed by atoms with E-state index in [-0.39, 0.29) is 17.6 Å². The largest absolute Gasteiger partial charge is 0.465 e. The predicted molar refractivity (Wildman–Crippen MR) is 87.4 cm³/mol. The summed E-state index contributed by atoms with van der Waals surface area (Å²) in [5, 5.41) is 3.42. The third kappa shape index (κ3) is 4.68. The molecule has 21 heavy (non-hydrogen) atoms. The highest BCUT2D eigenvalue weighted by atomic mass is 16.5. The molecule has 1 rings (SSSR count). The van der Waals surface area contributed by atoms with Gasteiger partial charge in [0.15, 0.2) is 0 Å². The van der Waals surface area contributed by atoms with E-state index in [1.54, 1.807) is 0 Å². The molecule has 0 aromatic rings. The number of hydrogen-bond donors (Lipinski definition) is 1. The number of likely N-dealkylation sites (tertiary alicyclic amines) is 1. The van der Waals surface area contributed by atoms with Gasteiger partial charge in [-0.3, -0.25) is 15.0 Å². The monoisotopic (exact) mass is 298 g/mol. The summed E-state index contributed by atoms with van der Waals surface area (Å²) in [6, 6.07) is 0.598. The number of esters is 1. The Hall–Kier alpha value is -0.610. The fourth-order valence-corrected chi connectivity index (χ4v) is 3.77. The summed E-state index contributed by atoms with van der Waals surface area (Å²) in [4.78, 5) is 14.9. The molecule has 4 heteroatoms. The van der Waals surface area contributed by atoms with E-state index >= 15 is 0 Å². The smallest absolute Gasteiger partial charge is 0.326 e. The van der Waals surface area contributed by atoms with E-state index in [1.165, 1.54) is 12.8 Å². The first-order valence-electron chi connectivity index (χ1n) is 8.34. The molecule has 0 aromatic heterocycles. The number of hydrogen-bond acceptors (Lipinski definition) is 4. The zero-order chi connectivity index (χ0) is 16.3. The van der Waals surface area contributed by atoms with Crippen LogP contribution in [0.3, 0.4) is 0 Å². The molecule has 2 atom stereocenters. The highest BCUT2D eigenvalue weighted by molar-refractivity contribution is 5.80. The molecule has 1 aliphatic heterocycles. The lowest BCUT2D eigenvalue weighted by molar-refractivity contribution is -0.152. The first kappa shape index (κ1) is 18.4. The van der Waals surface area contributed by atoms with Gasteiger partial charge in [-0.25, -0.2) is 0 Å². The molecule has 0 aromatic carbocycles. The maximum atomic E-state index is 12.4. The highest BCUT2D eigenvalue weighted by Crippen LogP contribution is 2.33. The lowest BCUT2D eigenvalue weighted by atomic mass is 9.90. The fraction of sp³-hybridized carbons (Fsp3) is 0.941. The van der Waals surface area contributed by atoms with Crippen molar-refractivity contribution in [1.29, 1.82) is 0 Å². The van der Waals surface area contributed by atoms with Crippen LogP contribution in [0.15, 0.2) is 0 Å². The van der Waals surface area contributed by atoms with Crippen LogP contribution >= 0.6 is 0 Å². The van der Waals surface area contributed by atoms with Crippen molar-refractivity contribution in [2.45, 2.75) is 90.9 Å². The first-order chi connectivity index (χ1) is 9.62. The second-order valence-electron chi connectivity index (χ2n) is 7.51. The van der Waals surface area contributed by atoms with Crippen molar-refractivity contribution in [2.75, 3.05) is 13.2 Å². The third-order valence-electron chi connectivity index (χ3n) is 4.53. The van der Waals surface area contributed by atoms with Gasteiger partial charge in [-0.2, -0.15) is 0 Å². The van der Waals surface area contributed by atoms with Crippen LogP contribution in [0.1, 0.15) is 67.7 Å². The van der Waals surface area contributed by atoms with Crippen LogP contribution in [0.2, 0.25) is 0 Å². The zero-order valence-corrected chi connectivity index (χ0v) is 15.0. The predicted octanol–water partition coefficient (Wildman–Crippen LogP) is 2.96. The zero-order valence-electron chi connectivity index (χ0n) is 15.0. The summed E-state index contributed by atoms with van der Waals surface area (Å²) < 4.78 is 5.30. The molecule has 0 bridgehead atoms. The van der Waals surface area contributed by atoms with Crippen LogP contribution in [0, 0.1) is 0 Å². The third-order valence-corrected chi connectivity index (χ3v) is 4.53. The molecular formula is C17H34N2O2. The van der Waals surface area contributed by atoms with Gasteiger partial charge in [-0.15, -0.1) is 0 Å². The minimum absolute atomic E-state index is 0.137. The summed E-state index contributed by atoms with van der Waals surface area (Å²) >= 11 is 0. The van der Waals surface area contributed by atoms with E-state index in [0.29, 0.717) is 12.6 Å². The van der Waals surface area contributed by atoms with Crippen LogP contribution in [0.25, 0.3) is 0 Å². The number of carbonyl (C=O) groups is 1. The molecule has 0 spiro atoms. The molecule has 0 amide bonds. The van der Waals surface area contributed by atoms with Gasteiger partial charge in [0.05, 0.1) is 6.61 Å². The van der Waals surface area contributed by atoms with Gasteiger partial charge in [-0.1, -0.05) is 0 Å². The standard InChI is InChI=1S/C17H34N2O2/c1-8-21-15(20)17(7,18-13(2)3)12-14(4)19-11-9-10-16(19,5)6/h13-14,18H,8-12H2,1-7H3. The number of nitrogens with one attached hydrogen (secondary N) is 1. The first-order valence-corrected chi connectivity index (χ1v) is 8.34. The van der Waals surface area contributed by atoms with E-state index in [0.717, 1.165) is 13.0 Å². The van der Waals surface area contributed by atoms with Gasteiger partial charge >= 0.3 is 5.97 Å². The maximum Gasteiger partial charge on any atom is 0.326 e. The van der Waals surface area contributed by atoms with Crippen molar-refractivity contribution in [3.8, 4) is 0 Å². The summed E-state index contributed by atoms with van der Waals surface area (Å²) in [6.45, 7) is 16.4. The number of carbonyl (C=O) groups excluding carboxylic acids is 1. The van der Waals surface area contributed by atoms with Crippen molar-refractivity contribution in [1.82, 2.24) is 10.2 Å². The normalized spacial score (nSPS) is 23.0. The van der Waals surface area contributed by atoms with Gasteiger partial charge in [0.25, 0.3) is 0 Å². The molecule has 124 valence electrons. The van der Waals surface area contributed by atoms with E-state index < -0.39 is 5.54 Å². The molecule has 0 aliphatic carbocycles. The second-order valence-corrected chi connectivity index (χ2v) is 7.51. The van der Waals surface area contributed by atoms with E-state index in [1.807, 2.05) is 13.8 Å². The lowest BCUT2D eigenvalue weighted by Gasteiger charge is -2.41. The minimum Gasteiger partial charge on any atom is -0.465 e. The van der Waals surface area contributed by atoms with Gasteiger partial charge in [0.2, 0.25) is 0 Å².